The third kappa shape index (κ3) is 6.18. The van der Waals surface area contributed by atoms with Crippen molar-refractivity contribution in [2.45, 2.75) is 64.9 Å². The van der Waals surface area contributed by atoms with E-state index in [0.717, 1.165) is 0 Å². The Morgan fingerprint density at radius 2 is 1.37 bits per heavy atom. The highest BCUT2D eigenvalue weighted by molar-refractivity contribution is 6.99. The average molecular weight is 439 g/mol. The van der Waals surface area contributed by atoms with Crippen molar-refractivity contribution in [2.24, 2.45) is 5.92 Å². The third-order valence-corrected chi connectivity index (χ3v) is 11.3. The molecule has 2 atom stereocenters. The van der Waals surface area contributed by atoms with Crippen LogP contribution in [0.1, 0.15) is 34.1 Å². The van der Waals surface area contributed by atoms with Crippen LogP contribution in [-0.4, -0.2) is 34.2 Å². The van der Waals surface area contributed by atoms with Crippen LogP contribution in [-0.2, 0) is 4.43 Å². The van der Waals surface area contributed by atoms with Crippen LogP contribution in [0.4, 0.5) is 0 Å². The minimum Gasteiger partial charge on any atom is -0.407 e. The summed E-state index contributed by atoms with van der Waals surface area (Å²) in [5.74, 6) is 3.23. The average Bonchev–Trinajstić information content (AvgIpc) is 2.68. The van der Waals surface area contributed by atoms with E-state index in [1.54, 1.807) is 0 Å². The maximum Gasteiger partial charge on any atom is 0.261 e. The van der Waals surface area contributed by atoms with Crippen LogP contribution in [0.15, 0.2) is 60.7 Å². The highest BCUT2D eigenvalue weighted by Gasteiger charge is 2.50. The van der Waals surface area contributed by atoms with E-state index in [1.807, 2.05) is 0 Å². The van der Waals surface area contributed by atoms with Crippen molar-refractivity contribution in [3.05, 3.63) is 60.7 Å². The number of aliphatic hydroxyl groups is 1. The molecule has 2 nitrogen and oxygen atoms in total. The predicted molar refractivity (Wildman–Crippen MR) is 134 cm³/mol. The predicted octanol–water partition coefficient (Wildman–Crippen LogP) is 4.83. The zero-order valence-electron chi connectivity index (χ0n) is 19.7. The summed E-state index contributed by atoms with van der Waals surface area (Å²) >= 11 is 0. The molecule has 0 amide bonds. The summed E-state index contributed by atoms with van der Waals surface area (Å²) < 4.78 is 6.94. The second-order valence-electron chi connectivity index (χ2n) is 10.3. The standard InChI is InChI=1S/C26H38O2Si2/c1-22(25(27)19-14-20-29(5,6)7)21-28-30(26(2,3)4,23-15-10-8-11-16-23)24-17-12-9-13-18-24/h8-13,15-18,22,25,27H,19,21H2,1-7H3/t22-,25-/m0/s1. The normalized spacial score (nSPS) is 14.5. The highest BCUT2D eigenvalue weighted by atomic mass is 28.4. The monoisotopic (exact) mass is 438 g/mol. The first-order valence-electron chi connectivity index (χ1n) is 10.9. The molecule has 2 aromatic carbocycles. The van der Waals surface area contributed by atoms with Gasteiger partial charge in [-0.3, -0.25) is 0 Å². The molecule has 0 saturated heterocycles. The van der Waals surface area contributed by atoms with Gasteiger partial charge < -0.3 is 9.53 Å². The lowest BCUT2D eigenvalue weighted by Gasteiger charge is -2.43. The molecule has 0 aliphatic carbocycles. The lowest BCUT2D eigenvalue weighted by molar-refractivity contribution is 0.0854. The SMILES string of the molecule is C[C@@H](CO[Si](c1ccccc1)(c1ccccc1)C(C)(C)C)[C@@H](O)CC#C[Si](C)(C)C. The van der Waals surface area contributed by atoms with Gasteiger partial charge in [0.2, 0.25) is 0 Å². The van der Waals surface area contributed by atoms with Gasteiger partial charge in [0, 0.05) is 18.9 Å². The Bertz CT molecular complexity index is 800. The van der Waals surface area contributed by atoms with Crippen molar-refractivity contribution in [1.82, 2.24) is 0 Å². The van der Waals surface area contributed by atoms with E-state index in [4.69, 9.17) is 4.43 Å². The third-order valence-electron chi connectivity index (χ3n) is 5.41. The van der Waals surface area contributed by atoms with Crippen LogP contribution in [0.2, 0.25) is 24.7 Å². The molecule has 0 saturated carbocycles. The molecule has 1 N–H and O–H groups in total. The summed E-state index contributed by atoms with van der Waals surface area (Å²) in [5, 5.41) is 13.2. The Hall–Kier alpha value is -1.65. The Kier molecular flexibility index (Phi) is 8.30. The summed E-state index contributed by atoms with van der Waals surface area (Å²) in [6.07, 6.45) is 0.0299. The van der Waals surface area contributed by atoms with Crippen LogP contribution >= 0.6 is 0 Å². The van der Waals surface area contributed by atoms with Gasteiger partial charge in [-0.05, 0) is 15.4 Å². The van der Waals surface area contributed by atoms with Crippen LogP contribution < -0.4 is 10.4 Å². The fourth-order valence-electron chi connectivity index (χ4n) is 3.75. The van der Waals surface area contributed by atoms with Crippen molar-refractivity contribution >= 4 is 26.8 Å². The van der Waals surface area contributed by atoms with Gasteiger partial charge in [-0.1, -0.05) is 108 Å². The Morgan fingerprint density at radius 3 is 1.77 bits per heavy atom. The molecular formula is C26H38O2Si2. The minimum absolute atomic E-state index is 0.0163. The maximum atomic E-state index is 10.7. The molecule has 2 rings (SSSR count). The molecule has 0 unspecified atom stereocenters. The molecule has 4 heteroatoms. The molecule has 0 spiro atoms. The zero-order chi connectivity index (χ0) is 22.4. The molecule has 0 fully saturated rings. The molecule has 0 radical (unpaired) electrons. The van der Waals surface area contributed by atoms with Crippen LogP contribution in [0.3, 0.4) is 0 Å². The number of hydrogen-bond acceptors (Lipinski definition) is 2. The minimum atomic E-state index is -2.56. The van der Waals surface area contributed by atoms with Gasteiger partial charge in [-0.15, -0.1) is 11.5 Å². The van der Waals surface area contributed by atoms with Crippen LogP contribution in [0.25, 0.3) is 0 Å². The molecule has 0 bridgehead atoms. The van der Waals surface area contributed by atoms with E-state index in [-0.39, 0.29) is 11.0 Å². The van der Waals surface area contributed by atoms with E-state index in [0.29, 0.717) is 13.0 Å². The maximum absolute atomic E-state index is 10.7. The van der Waals surface area contributed by atoms with Gasteiger partial charge >= 0.3 is 0 Å². The number of benzene rings is 2. The summed E-state index contributed by atoms with van der Waals surface area (Å²) in [5.41, 5.74) is 3.35. The van der Waals surface area contributed by atoms with Gasteiger partial charge in [-0.2, -0.15) is 0 Å². The molecular weight excluding hydrogens is 400 g/mol. The van der Waals surface area contributed by atoms with Crippen LogP contribution in [0.5, 0.6) is 0 Å². The smallest absolute Gasteiger partial charge is 0.261 e. The van der Waals surface area contributed by atoms with Crippen molar-refractivity contribution in [2.75, 3.05) is 6.61 Å². The summed E-state index contributed by atoms with van der Waals surface area (Å²) in [7, 11) is -3.98. The lowest BCUT2D eigenvalue weighted by atomic mass is 10.0. The fraction of sp³-hybridized carbons (Fsp3) is 0.462. The molecule has 2 aromatic rings. The molecule has 30 heavy (non-hydrogen) atoms. The Balaban J connectivity index is 2.33. The lowest BCUT2D eigenvalue weighted by Crippen LogP contribution is -2.67. The summed E-state index contributed by atoms with van der Waals surface area (Å²) in [6.45, 7) is 16.1. The summed E-state index contributed by atoms with van der Waals surface area (Å²) in [4.78, 5) is 0. The molecule has 0 aliphatic heterocycles. The van der Waals surface area contributed by atoms with E-state index in [1.165, 1.54) is 10.4 Å². The number of rotatable bonds is 7. The fourth-order valence-corrected chi connectivity index (χ4v) is 9.05. The second-order valence-corrected chi connectivity index (χ2v) is 19.3. The summed E-state index contributed by atoms with van der Waals surface area (Å²) in [6, 6.07) is 21.3. The van der Waals surface area contributed by atoms with Gasteiger partial charge in [0.05, 0.1) is 6.10 Å². The van der Waals surface area contributed by atoms with E-state index in [2.05, 4.69) is 119 Å². The first kappa shape index (κ1) is 24.6. The van der Waals surface area contributed by atoms with Gasteiger partial charge in [-0.25, -0.2) is 0 Å². The van der Waals surface area contributed by atoms with E-state index in [9.17, 15) is 5.11 Å². The quantitative estimate of drug-likeness (QED) is 0.495. The van der Waals surface area contributed by atoms with Crippen LogP contribution in [0, 0.1) is 17.4 Å². The number of aliphatic hydroxyl groups excluding tert-OH is 1. The Morgan fingerprint density at radius 1 is 0.900 bits per heavy atom. The highest BCUT2D eigenvalue weighted by Crippen LogP contribution is 2.37. The molecule has 162 valence electrons. The Labute approximate surface area is 185 Å². The molecule has 0 heterocycles. The second kappa shape index (κ2) is 10.1. The molecule has 0 aliphatic rings. The first-order chi connectivity index (χ1) is 14.0. The van der Waals surface area contributed by atoms with Gasteiger partial charge in [0.15, 0.2) is 0 Å². The van der Waals surface area contributed by atoms with Crippen molar-refractivity contribution in [3.63, 3.8) is 0 Å². The number of hydrogen-bond donors (Lipinski definition) is 1. The largest absolute Gasteiger partial charge is 0.407 e. The van der Waals surface area contributed by atoms with Crippen molar-refractivity contribution in [1.29, 1.82) is 0 Å². The topological polar surface area (TPSA) is 29.5 Å². The van der Waals surface area contributed by atoms with Gasteiger partial charge in [0.25, 0.3) is 8.32 Å². The van der Waals surface area contributed by atoms with E-state index >= 15 is 0 Å². The van der Waals surface area contributed by atoms with E-state index < -0.39 is 22.5 Å². The molecule has 0 aromatic heterocycles. The first-order valence-corrected chi connectivity index (χ1v) is 16.3. The van der Waals surface area contributed by atoms with Gasteiger partial charge in [0.1, 0.15) is 8.07 Å². The van der Waals surface area contributed by atoms with Crippen molar-refractivity contribution in [3.8, 4) is 11.5 Å². The van der Waals surface area contributed by atoms with Crippen molar-refractivity contribution < 1.29 is 9.53 Å². The zero-order valence-corrected chi connectivity index (χ0v) is 21.7.